The molecule has 2 aliphatic heterocycles. The number of benzene rings is 2. The smallest absolute Gasteiger partial charge is 0.240 e. The van der Waals surface area contributed by atoms with E-state index in [4.69, 9.17) is 9.47 Å². The van der Waals surface area contributed by atoms with E-state index in [0.717, 1.165) is 49.4 Å². The first kappa shape index (κ1) is 27.5. The molecule has 0 saturated carbocycles. The van der Waals surface area contributed by atoms with Gasteiger partial charge in [0.25, 0.3) is 0 Å². The number of nitrogens with one attached hydrogen (secondary N) is 2. The summed E-state index contributed by atoms with van der Waals surface area (Å²) >= 11 is 0. The van der Waals surface area contributed by atoms with Gasteiger partial charge in [0, 0.05) is 49.7 Å². The third-order valence-electron chi connectivity index (χ3n) is 7.38. The molecule has 2 fully saturated rings. The summed E-state index contributed by atoms with van der Waals surface area (Å²) in [6, 6.07) is 16.5. The van der Waals surface area contributed by atoms with Gasteiger partial charge in [0.2, 0.25) is 16.0 Å². The zero-order chi connectivity index (χ0) is 27.3. The highest BCUT2D eigenvalue weighted by atomic mass is 32.2. The van der Waals surface area contributed by atoms with E-state index in [2.05, 4.69) is 37.0 Å². The van der Waals surface area contributed by atoms with Gasteiger partial charge in [0.15, 0.2) is 0 Å². The maximum atomic E-state index is 12.0. The molecule has 3 aromatic rings. The predicted octanol–water partition coefficient (Wildman–Crippen LogP) is 2.21. The summed E-state index contributed by atoms with van der Waals surface area (Å²) in [5, 5.41) is 13.8. The number of rotatable bonds is 10. The second-order valence-corrected chi connectivity index (χ2v) is 12.0. The Labute approximate surface area is 229 Å². The minimum absolute atomic E-state index is 0.0484. The number of hydrogen-bond donors (Lipinski definition) is 3. The summed E-state index contributed by atoms with van der Waals surface area (Å²) in [4.78, 5) is 11.5. The predicted molar refractivity (Wildman–Crippen MR) is 148 cm³/mol. The molecular weight excluding hydrogens is 518 g/mol. The normalized spacial score (nSPS) is 19.7. The zero-order valence-electron chi connectivity index (χ0n) is 22.0. The molecule has 2 atom stereocenters. The van der Waals surface area contributed by atoms with Gasteiger partial charge in [-0.25, -0.2) is 23.1 Å². The molecule has 39 heavy (non-hydrogen) atoms. The van der Waals surface area contributed by atoms with E-state index in [-0.39, 0.29) is 23.1 Å². The molecule has 1 unspecified atom stereocenters. The minimum atomic E-state index is -3.55. The molecule has 2 saturated heterocycles. The monoisotopic (exact) mass is 553 g/mol. The Bertz CT molecular complexity index is 1330. The Hall–Kier alpha value is -3.09. The number of aromatic nitrogens is 2. The van der Waals surface area contributed by atoms with Crippen molar-refractivity contribution >= 4 is 16.0 Å². The van der Waals surface area contributed by atoms with Crippen LogP contribution in [0.4, 0.5) is 5.95 Å². The molecule has 0 bridgehead atoms. The van der Waals surface area contributed by atoms with Crippen molar-refractivity contribution in [1.29, 1.82) is 0 Å². The first-order valence-electron chi connectivity index (χ1n) is 13.2. The molecule has 0 radical (unpaired) electrons. The van der Waals surface area contributed by atoms with Crippen molar-refractivity contribution in [3.8, 4) is 16.9 Å². The fraction of sp³-hybridized carbons (Fsp3) is 0.429. The first-order valence-corrected chi connectivity index (χ1v) is 14.7. The Morgan fingerprint density at radius 1 is 1.10 bits per heavy atom. The summed E-state index contributed by atoms with van der Waals surface area (Å²) < 4.78 is 38.1. The number of piperidine rings is 1. The Kier molecular flexibility index (Phi) is 8.43. The van der Waals surface area contributed by atoms with Crippen molar-refractivity contribution in [2.45, 2.75) is 41.9 Å². The van der Waals surface area contributed by atoms with Crippen LogP contribution in [0.1, 0.15) is 19.3 Å². The number of aliphatic hydroxyl groups excluding tert-OH is 1. The Balaban J connectivity index is 1.05. The zero-order valence-corrected chi connectivity index (χ0v) is 22.8. The molecule has 3 N–H and O–H groups in total. The molecular formula is C28H35N5O5S. The fourth-order valence-electron chi connectivity index (χ4n) is 5.11. The molecule has 1 spiro atoms. The van der Waals surface area contributed by atoms with Gasteiger partial charge in [-0.05, 0) is 44.0 Å². The lowest BCUT2D eigenvalue weighted by molar-refractivity contribution is -0.0152. The number of nitrogens with zero attached hydrogens (tertiary/aromatic N) is 3. The Morgan fingerprint density at radius 2 is 1.85 bits per heavy atom. The molecule has 3 heterocycles. The standard InChI is InChI=1S/C28H35N5O5S/c1-29-39(35,36)26-9-5-8-25(14-26)37-20-24(34)18-30-23-15-28(38-19-23)10-12-33(13-11-28)27-31-16-22(17-32-27)21-6-3-2-4-7-21/h2-9,14,16-17,23-24,29-30,34H,10-13,15,18-20H2,1H3/t23-,24?/m1/s1. The van der Waals surface area contributed by atoms with E-state index >= 15 is 0 Å². The van der Waals surface area contributed by atoms with Crippen LogP contribution in [-0.2, 0) is 14.8 Å². The van der Waals surface area contributed by atoms with Gasteiger partial charge >= 0.3 is 0 Å². The second kappa shape index (κ2) is 12.0. The Morgan fingerprint density at radius 3 is 2.56 bits per heavy atom. The van der Waals surface area contributed by atoms with Crippen LogP contribution in [0.3, 0.4) is 0 Å². The lowest BCUT2D eigenvalue weighted by Crippen LogP contribution is -2.45. The molecule has 208 valence electrons. The minimum Gasteiger partial charge on any atom is -0.491 e. The van der Waals surface area contributed by atoms with Crippen molar-refractivity contribution < 1.29 is 23.0 Å². The van der Waals surface area contributed by atoms with E-state index in [1.165, 1.54) is 19.2 Å². The maximum absolute atomic E-state index is 12.0. The second-order valence-electron chi connectivity index (χ2n) is 10.1. The first-order chi connectivity index (χ1) is 18.9. The summed E-state index contributed by atoms with van der Waals surface area (Å²) in [6.07, 6.45) is 5.68. The van der Waals surface area contributed by atoms with Crippen molar-refractivity contribution in [3.63, 3.8) is 0 Å². The highest BCUT2D eigenvalue weighted by Crippen LogP contribution is 2.36. The van der Waals surface area contributed by atoms with E-state index in [9.17, 15) is 13.5 Å². The third kappa shape index (κ3) is 6.74. The number of hydrogen-bond acceptors (Lipinski definition) is 9. The number of sulfonamides is 1. The summed E-state index contributed by atoms with van der Waals surface area (Å²) in [5.74, 6) is 1.13. The van der Waals surface area contributed by atoms with Crippen LogP contribution in [0.2, 0.25) is 0 Å². The van der Waals surface area contributed by atoms with Crippen molar-refractivity contribution in [3.05, 3.63) is 67.0 Å². The number of anilines is 1. The average Bonchev–Trinajstić information content (AvgIpc) is 3.38. The lowest BCUT2D eigenvalue weighted by atomic mass is 9.87. The topological polar surface area (TPSA) is 126 Å². The van der Waals surface area contributed by atoms with E-state index in [1.807, 2.05) is 30.6 Å². The molecule has 0 amide bonds. The molecule has 2 aliphatic rings. The van der Waals surface area contributed by atoms with Gasteiger partial charge in [0.1, 0.15) is 18.5 Å². The van der Waals surface area contributed by atoms with Crippen LogP contribution >= 0.6 is 0 Å². The van der Waals surface area contributed by atoms with Gasteiger partial charge in [0.05, 0.1) is 17.1 Å². The maximum Gasteiger partial charge on any atom is 0.240 e. The molecule has 11 heteroatoms. The molecule has 1 aromatic heterocycles. The molecule has 2 aromatic carbocycles. The molecule has 0 aliphatic carbocycles. The number of ether oxygens (including phenoxy) is 2. The van der Waals surface area contributed by atoms with Gasteiger partial charge in [-0.3, -0.25) is 0 Å². The van der Waals surface area contributed by atoms with Gasteiger partial charge < -0.3 is 24.8 Å². The summed E-state index contributed by atoms with van der Waals surface area (Å²) in [7, 11) is -2.20. The largest absolute Gasteiger partial charge is 0.491 e. The van der Waals surface area contributed by atoms with Crippen LogP contribution in [0.5, 0.6) is 5.75 Å². The average molecular weight is 554 g/mol. The highest BCUT2D eigenvalue weighted by Gasteiger charge is 2.43. The fourth-order valence-corrected chi connectivity index (χ4v) is 5.87. The summed E-state index contributed by atoms with van der Waals surface area (Å²) in [6.45, 7) is 2.66. The van der Waals surface area contributed by atoms with E-state index in [1.54, 1.807) is 12.1 Å². The van der Waals surface area contributed by atoms with Crippen molar-refractivity contribution in [2.24, 2.45) is 0 Å². The van der Waals surface area contributed by atoms with Crippen molar-refractivity contribution in [1.82, 2.24) is 20.0 Å². The molecule has 5 rings (SSSR count). The van der Waals surface area contributed by atoms with Gasteiger partial charge in [-0.1, -0.05) is 36.4 Å². The molecule has 10 nitrogen and oxygen atoms in total. The van der Waals surface area contributed by atoms with Crippen molar-refractivity contribution in [2.75, 3.05) is 44.8 Å². The van der Waals surface area contributed by atoms with Gasteiger partial charge in [-0.2, -0.15) is 0 Å². The van der Waals surface area contributed by atoms with Crippen LogP contribution in [0, 0.1) is 0 Å². The van der Waals surface area contributed by atoms with Crippen LogP contribution in [0.25, 0.3) is 11.1 Å². The van der Waals surface area contributed by atoms with Crippen LogP contribution in [0.15, 0.2) is 71.9 Å². The lowest BCUT2D eigenvalue weighted by Gasteiger charge is -2.38. The number of aliphatic hydroxyl groups is 1. The highest BCUT2D eigenvalue weighted by molar-refractivity contribution is 7.89. The SMILES string of the molecule is CNS(=O)(=O)c1cccc(OCC(O)CN[C@H]2COC3(CCN(c4ncc(-c5ccccc5)cn4)CC3)C2)c1. The van der Waals surface area contributed by atoms with Crippen LogP contribution in [-0.4, -0.2) is 81.1 Å². The van der Waals surface area contributed by atoms with E-state index in [0.29, 0.717) is 18.9 Å². The quantitative estimate of drug-likeness (QED) is 0.346. The van der Waals surface area contributed by atoms with Gasteiger partial charge in [-0.15, -0.1) is 0 Å². The van der Waals surface area contributed by atoms with E-state index < -0.39 is 16.1 Å². The summed E-state index contributed by atoms with van der Waals surface area (Å²) in [5.41, 5.74) is 1.94. The van der Waals surface area contributed by atoms with Crippen LogP contribution < -0.4 is 19.7 Å². The third-order valence-corrected chi connectivity index (χ3v) is 8.79.